The van der Waals surface area contributed by atoms with Crippen molar-refractivity contribution in [3.63, 3.8) is 0 Å². The molecule has 2 rings (SSSR count). The Kier molecular flexibility index (Phi) is 2.85. The van der Waals surface area contributed by atoms with E-state index in [0.29, 0.717) is 5.02 Å². The second-order valence-corrected chi connectivity index (χ2v) is 3.52. The average Bonchev–Trinajstić information content (AvgIpc) is 2.30. The summed E-state index contributed by atoms with van der Waals surface area (Å²) in [5.41, 5.74) is 5.28. The summed E-state index contributed by atoms with van der Waals surface area (Å²) in [5.74, 6) is 5.32. The second-order valence-electron chi connectivity index (χ2n) is 3.08. The summed E-state index contributed by atoms with van der Waals surface area (Å²) >= 11 is 5.80. The Balaban J connectivity index is 2.40. The lowest BCUT2D eigenvalue weighted by atomic mass is 10.1. The first-order chi connectivity index (χ1) is 7.29. The minimum Gasteiger partial charge on any atom is -0.324 e. The van der Waals surface area contributed by atoms with E-state index in [1.165, 1.54) is 0 Å². The first-order valence-corrected chi connectivity index (χ1v) is 4.86. The van der Waals surface area contributed by atoms with Crippen molar-refractivity contribution in [2.24, 2.45) is 5.84 Å². The smallest absolute Gasteiger partial charge is 0.0723 e. The topological polar surface area (TPSA) is 50.9 Å². The van der Waals surface area contributed by atoms with E-state index < -0.39 is 0 Å². The molecule has 0 bridgehead atoms. The molecule has 3 N–H and O–H groups in total. The SMILES string of the molecule is NNc1ccnc(-c2ccc(Cl)cc2)c1. The molecule has 0 aliphatic heterocycles. The highest BCUT2D eigenvalue weighted by Gasteiger charge is 1.99. The second kappa shape index (κ2) is 4.29. The molecule has 0 radical (unpaired) electrons. The number of hydrazine groups is 1. The number of aromatic nitrogens is 1. The number of nitrogen functional groups attached to an aromatic ring is 1. The average molecular weight is 220 g/mol. The van der Waals surface area contributed by atoms with Gasteiger partial charge in [-0.15, -0.1) is 0 Å². The van der Waals surface area contributed by atoms with Crippen molar-refractivity contribution >= 4 is 17.3 Å². The van der Waals surface area contributed by atoms with Gasteiger partial charge in [-0.05, 0) is 24.3 Å². The summed E-state index contributed by atoms with van der Waals surface area (Å²) < 4.78 is 0. The number of hydrogen-bond donors (Lipinski definition) is 2. The van der Waals surface area contributed by atoms with E-state index in [-0.39, 0.29) is 0 Å². The van der Waals surface area contributed by atoms with Gasteiger partial charge in [0.15, 0.2) is 0 Å². The lowest BCUT2D eigenvalue weighted by Gasteiger charge is -2.03. The van der Waals surface area contributed by atoms with Gasteiger partial charge in [0.05, 0.1) is 11.4 Å². The van der Waals surface area contributed by atoms with Gasteiger partial charge in [0.1, 0.15) is 0 Å². The maximum atomic E-state index is 5.80. The first-order valence-electron chi connectivity index (χ1n) is 4.48. The molecule has 2 aromatic rings. The Morgan fingerprint density at radius 2 is 1.87 bits per heavy atom. The van der Waals surface area contributed by atoms with E-state index in [4.69, 9.17) is 17.4 Å². The zero-order valence-corrected chi connectivity index (χ0v) is 8.70. The minimum absolute atomic E-state index is 0.715. The van der Waals surface area contributed by atoms with Crippen molar-refractivity contribution in [3.8, 4) is 11.3 Å². The van der Waals surface area contributed by atoms with Crippen LogP contribution >= 0.6 is 11.6 Å². The Morgan fingerprint density at radius 3 is 2.53 bits per heavy atom. The Labute approximate surface area is 92.9 Å². The molecule has 0 aliphatic rings. The number of nitrogens with two attached hydrogens (primary N) is 1. The number of pyridine rings is 1. The van der Waals surface area contributed by atoms with Crippen LogP contribution in [-0.2, 0) is 0 Å². The number of rotatable bonds is 2. The van der Waals surface area contributed by atoms with Gasteiger partial charge in [0, 0.05) is 16.8 Å². The van der Waals surface area contributed by atoms with E-state index in [1.807, 2.05) is 30.3 Å². The van der Waals surface area contributed by atoms with Crippen molar-refractivity contribution in [2.75, 3.05) is 5.43 Å². The summed E-state index contributed by atoms with van der Waals surface area (Å²) in [4.78, 5) is 4.25. The molecule has 1 aromatic heterocycles. The molecule has 0 atom stereocenters. The number of hydrogen-bond acceptors (Lipinski definition) is 3. The maximum absolute atomic E-state index is 5.80. The van der Waals surface area contributed by atoms with Gasteiger partial charge in [0.25, 0.3) is 0 Å². The van der Waals surface area contributed by atoms with Gasteiger partial charge in [0.2, 0.25) is 0 Å². The monoisotopic (exact) mass is 219 g/mol. The van der Waals surface area contributed by atoms with Crippen molar-refractivity contribution in [1.82, 2.24) is 4.98 Å². The quantitative estimate of drug-likeness (QED) is 0.603. The summed E-state index contributed by atoms with van der Waals surface area (Å²) in [7, 11) is 0. The van der Waals surface area contributed by atoms with Gasteiger partial charge in [-0.3, -0.25) is 10.8 Å². The van der Waals surface area contributed by atoms with Crippen molar-refractivity contribution in [1.29, 1.82) is 0 Å². The lowest BCUT2D eigenvalue weighted by Crippen LogP contribution is -2.06. The van der Waals surface area contributed by atoms with E-state index in [2.05, 4.69) is 10.4 Å². The fraction of sp³-hybridized carbons (Fsp3) is 0. The summed E-state index contributed by atoms with van der Waals surface area (Å²) in [6.07, 6.45) is 1.71. The molecule has 4 heteroatoms. The normalized spacial score (nSPS) is 10.0. The molecular weight excluding hydrogens is 210 g/mol. The highest BCUT2D eigenvalue weighted by Crippen LogP contribution is 2.21. The highest BCUT2D eigenvalue weighted by atomic mass is 35.5. The lowest BCUT2D eigenvalue weighted by molar-refractivity contribution is 1.28. The summed E-state index contributed by atoms with van der Waals surface area (Å²) in [6, 6.07) is 11.2. The molecule has 76 valence electrons. The van der Waals surface area contributed by atoms with Crippen molar-refractivity contribution < 1.29 is 0 Å². The molecule has 0 fully saturated rings. The van der Waals surface area contributed by atoms with Gasteiger partial charge in [-0.2, -0.15) is 0 Å². The molecule has 0 amide bonds. The number of benzene rings is 1. The zero-order chi connectivity index (χ0) is 10.7. The fourth-order valence-corrected chi connectivity index (χ4v) is 1.42. The number of nitrogens with one attached hydrogen (secondary N) is 1. The molecule has 1 heterocycles. The van der Waals surface area contributed by atoms with Crippen LogP contribution in [0, 0.1) is 0 Å². The number of anilines is 1. The van der Waals surface area contributed by atoms with E-state index in [1.54, 1.807) is 12.3 Å². The first kappa shape index (κ1) is 9.96. The standard InChI is InChI=1S/C11H10ClN3/c12-9-3-1-8(2-4-9)11-7-10(15-13)5-6-14-11/h1-7H,13H2,(H,14,15). The Hall–Kier alpha value is -1.58. The third-order valence-corrected chi connectivity index (χ3v) is 2.32. The van der Waals surface area contributed by atoms with Crippen molar-refractivity contribution in [3.05, 3.63) is 47.6 Å². The predicted octanol–water partition coefficient (Wildman–Crippen LogP) is 2.69. The molecule has 0 saturated heterocycles. The molecule has 15 heavy (non-hydrogen) atoms. The molecule has 0 unspecified atom stereocenters. The summed E-state index contributed by atoms with van der Waals surface area (Å²) in [6.45, 7) is 0. The molecule has 3 nitrogen and oxygen atoms in total. The van der Waals surface area contributed by atoms with E-state index in [0.717, 1.165) is 16.9 Å². The van der Waals surface area contributed by atoms with Gasteiger partial charge in [-0.25, -0.2) is 0 Å². The highest BCUT2D eigenvalue weighted by molar-refractivity contribution is 6.30. The fourth-order valence-electron chi connectivity index (χ4n) is 1.30. The number of halogens is 1. The van der Waals surface area contributed by atoms with Crippen LogP contribution in [-0.4, -0.2) is 4.98 Å². The molecule has 0 saturated carbocycles. The van der Waals surface area contributed by atoms with Crippen LogP contribution in [0.25, 0.3) is 11.3 Å². The van der Waals surface area contributed by atoms with Crippen molar-refractivity contribution in [2.45, 2.75) is 0 Å². The summed E-state index contributed by atoms with van der Waals surface area (Å²) in [5, 5.41) is 0.715. The van der Waals surface area contributed by atoms with Crippen LogP contribution in [0.2, 0.25) is 5.02 Å². The molecule has 0 aliphatic carbocycles. The van der Waals surface area contributed by atoms with Crippen LogP contribution in [0.3, 0.4) is 0 Å². The van der Waals surface area contributed by atoms with E-state index in [9.17, 15) is 0 Å². The largest absolute Gasteiger partial charge is 0.324 e. The van der Waals surface area contributed by atoms with Gasteiger partial charge < -0.3 is 5.43 Å². The molecule has 1 aromatic carbocycles. The van der Waals surface area contributed by atoms with Crippen LogP contribution in [0.5, 0.6) is 0 Å². The predicted molar refractivity (Wildman–Crippen MR) is 62.5 cm³/mol. The molecule has 0 spiro atoms. The molecular formula is C11H10ClN3. The van der Waals surface area contributed by atoms with E-state index >= 15 is 0 Å². The van der Waals surface area contributed by atoms with Crippen LogP contribution in [0.15, 0.2) is 42.6 Å². The van der Waals surface area contributed by atoms with Gasteiger partial charge >= 0.3 is 0 Å². The zero-order valence-electron chi connectivity index (χ0n) is 7.94. The Morgan fingerprint density at radius 1 is 1.13 bits per heavy atom. The maximum Gasteiger partial charge on any atom is 0.0723 e. The van der Waals surface area contributed by atoms with Crippen LogP contribution in [0.1, 0.15) is 0 Å². The number of nitrogens with zero attached hydrogens (tertiary/aromatic N) is 1. The van der Waals surface area contributed by atoms with Gasteiger partial charge in [-0.1, -0.05) is 23.7 Å². The third-order valence-electron chi connectivity index (χ3n) is 2.07. The Bertz CT molecular complexity index is 454. The third kappa shape index (κ3) is 2.26. The van der Waals surface area contributed by atoms with Crippen LogP contribution in [0.4, 0.5) is 5.69 Å². The van der Waals surface area contributed by atoms with Crippen LogP contribution < -0.4 is 11.3 Å². The minimum atomic E-state index is 0.715.